The van der Waals surface area contributed by atoms with Crippen LogP contribution in [-0.4, -0.2) is 36.8 Å². The molecule has 1 saturated heterocycles. The van der Waals surface area contributed by atoms with Gasteiger partial charge in [-0.1, -0.05) is 6.07 Å². The number of hydrogen-bond acceptors (Lipinski definition) is 5. The highest BCUT2D eigenvalue weighted by molar-refractivity contribution is 5.77. The Morgan fingerprint density at radius 3 is 2.75 bits per heavy atom. The minimum atomic E-state index is -0.153. The summed E-state index contributed by atoms with van der Waals surface area (Å²) >= 11 is 0. The minimum absolute atomic E-state index is 0.0207. The fourth-order valence-electron chi connectivity index (χ4n) is 2.37. The van der Waals surface area contributed by atoms with Crippen LogP contribution in [0.15, 0.2) is 48.7 Å². The highest BCUT2D eigenvalue weighted by atomic mass is 16.5. The summed E-state index contributed by atoms with van der Waals surface area (Å²) in [5.74, 6) is 1.64. The molecule has 0 unspecified atom stereocenters. The number of hydrogen-bond donors (Lipinski definition) is 1. The van der Waals surface area contributed by atoms with Crippen molar-refractivity contribution in [3.8, 4) is 17.4 Å². The van der Waals surface area contributed by atoms with E-state index in [1.54, 1.807) is 36.5 Å². The molecule has 0 spiro atoms. The molecule has 1 aromatic carbocycles. The molecule has 24 heavy (non-hydrogen) atoms. The molecule has 2 heterocycles. The lowest BCUT2D eigenvalue weighted by Crippen LogP contribution is -2.35. The van der Waals surface area contributed by atoms with Crippen LogP contribution in [0.3, 0.4) is 0 Å². The Bertz CT molecular complexity index is 640. The van der Waals surface area contributed by atoms with E-state index >= 15 is 0 Å². The van der Waals surface area contributed by atoms with E-state index in [1.807, 2.05) is 12.1 Å². The second-order valence-electron chi connectivity index (χ2n) is 5.47. The molecule has 1 aromatic heterocycles. The topological polar surface area (TPSA) is 69.7 Å². The number of benzene rings is 1. The molecule has 0 aliphatic carbocycles. The number of nitrogens with one attached hydrogen (secondary N) is 1. The highest BCUT2D eigenvalue weighted by Crippen LogP contribution is 2.22. The monoisotopic (exact) mass is 328 g/mol. The summed E-state index contributed by atoms with van der Waals surface area (Å²) in [7, 11) is 0. The van der Waals surface area contributed by atoms with Crippen LogP contribution in [0.2, 0.25) is 0 Å². The molecule has 6 nitrogen and oxygen atoms in total. The summed E-state index contributed by atoms with van der Waals surface area (Å²) in [4.78, 5) is 15.8. The lowest BCUT2D eigenvalue weighted by molar-refractivity contribution is -0.123. The molecular weight excluding hydrogens is 308 g/mol. The van der Waals surface area contributed by atoms with Crippen molar-refractivity contribution in [2.75, 3.05) is 19.8 Å². The Balaban J connectivity index is 1.41. The fourth-order valence-corrected chi connectivity index (χ4v) is 2.37. The molecule has 1 fully saturated rings. The molecule has 1 aliphatic rings. The number of rotatable bonds is 7. The average Bonchev–Trinajstić information content (AvgIpc) is 3.14. The SMILES string of the molecule is O=C(COc1ccc(Oc2ccccn2)cc1)NC[C@@H]1CCCO1. The van der Waals surface area contributed by atoms with E-state index in [-0.39, 0.29) is 18.6 Å². The Kier molecular flexibility index (Phi) is 5.63. The van der Waals surface area contributed by atoms with Crippen molar-refractivity contribution in [3.05, 3.63) is 48.7 Å². The van der Waals surface area contributed by atoms with E-state index < -0.39 is 0 Å². The molecule has 0 saturated carbocycles. The molecule has 1 atom stereocenters. The van der Waals surface area contributed by atoms with Crippen LogP contribution >= 0.6 is 0 Å². The van der Waals surface area contributed by atoms with Crippen LogP contribution in [-0.2, 0) is 9.53 Å². The summed E-state index contributed by atoms with van der Waals surface area (Å²) in [5, 5.41) is 2.82. The van der Waals surface area contributed by atoms with Crippen LogP contribution in [0.25, 0.3) is 0 Å². The molecule has 1 aliphatic heterocycles. The number of carbonyl (C=O) groups is 1. The average molecular weight is 328 g/mol. The third-order valence-electron chi connectivity index (χ3n) is 3.60. The second-order valence-corrected chi connectivity index (χ2v) is 5.47. The number of ether oxygens (including phenoxy) is 3. The molecule has 0 bridgehead atoms. The van der Waals surface area contributed by atoms with Gasteiger partial charge in [-0.3, -0.25) is 4.79 Å². The first kappa shape index (κ1) is 16.3. The zero-order chi connectivity index (χ0) is 16.6. The summed E-state index contributed by atoms with van der Waals surface area (Å²) in [5.41, 5.74) is 0. The van der Waals surface area contributed by atoms with Crippen molar-refractivity contribution in [2.24, 2.45) is 0 Å². The Hall–Kier alpha value is -2.60. The van der Waals surface area contributed by atoms with E-state index in [4.69, 9.17) is 14.2 Å². The fraction of sp³-hybridized carbons (Fsp3) is 0.333. The number of aromatic nitrogens is 1. The van der Waals surface area contributed by atoms with Crippen LogP contribution in [0.1, 0.15) is 12.8 Å². The maximum Gasteiger partial charge on any atom is 0.258 e. The predicted molar refractivity (Wildman–Crippen MR) is 88.2 cm³/mol. The first-order chi connectivity index (χ1) is 11.8. The van der Waals surface area contributed by atoms with E-state index in [0.29, 0.717) is 23.9 Å². The maximum absolute atomic E-state index is 11.8. The molecule has 2 aromatic rings. The van der Waals surface area contributed by atoms with E-state index in [9.17, 15) is 4.79 Å². The van der Waals surface area contributed by atoms with Gasteiger partial charge in [-0.05, 0) is 43.2 Å². The summed E-state index contributed by atoms with van der Waals surface area (Å²) in [6, 6.07) is 12.5. The van der Waals surface area contributed by atoms with Gasteiger partial charge in [-0.2, -0.15) is 0 Å². The first-order valence-corrected chi connectivity index (χ1v) is 8.00. The Morgan fingerprint density at radius 1 is 1.21 bits per heavy atom. The second kappa shape index (κ2) is 8.31. The van der Waals surface area contributed by atoms with Gasteiger partial charge in [0.05, 0.1) is 6.10 Å². The van der Waals surface area contributed by atoms with Crippen LogP contribution in [0.5, 0.6) is 17.4 Å². The lowest BCUT2D eigenvalue weighted by Gasteiger charge is -2.11. The van der Waals surface area contributed by atoms with Crippen LogP contribution in [0.4, 0.5) is 0 Å². The van der Waals surface area contributed by atoms with Crippen LogP contribution in [0, 0.1) is 0 Å². The molecule has 126 valence electrons. The van der Waals surface area contributed by atoms with Gasteiger partial charge in [0.25, 0.3) is 5.91 Å². The molecule has 6 heteroatoms. The molecule has 1 N–H and O–H groups in total. The van der Waals surface area contributed by atoms with Crippen molar-refractivity contribution in [1.82, 2.24) is 10.3 Å². The number of nitrogens with zero attached hydrogens (tertiary/aromatic N) is 1. The van der Waals surface area contributed by atoms with E-state index in [2.05, 4.69) is 10.3 Å². The summed E-state index contributed by atoms with van der Waals surface area (Å²) in [6.45, 7) is 1.30. The van der Waals surface area contributed by atoms with Gasteiger partial charge in [-0.25, -0.2) is 4.98 Å². The highest BCUT2D eigenvalue weighted by Gasteiger charge is 2.16. The zero-order valence-electron chi connectivity index (χ0n) is 13.3. The molecule has 0 radical (unpaired) electrons. The number of pyridine rings is 1. The summed E-state index contributed by atoms with van der Waals surface area (Å²) in [6.07, 6.45) is 3.86. The van der Waals surface area contributed by atoms with Crippen LogP contribution < -0.4 is 14.8 Å². The predicted octanol–water partition coefficient (Wildman–Crippen LogP) is 2.55. The smallest absolute Gasteiger partial charge is 0.258 e. The van der Waals surface area contributed by atoms with Crippen molar-refractivity contribution in [1.29, 1.82) is 0 Å². The van der Waals surface area contributed by atoms with Gasteiger partial charge in [0.15, 0.2) is 6.61 Å². The van der Waals surface area contributed by atoms with Gasteiger partial charge in [0, 0.05) is 25.4 Å². The number of carbonyl (C=O) groups excluding carboxylic acids is 1. The first-order valence-electron chi connectivity index (χ1n) is 8.00. The zero-order valence-corrected chi connectivity index (χ0v) is 13.3. The largest absolute Gasteiger partial charge is 0.484 e. The lowest BCUT2D eigenvalue weighted by atomic mass is 10.2. The van der Waals surface area contributed by atoms with Crippen molar-refractivity contribution < 1.29 is 19.0 Å². The quantitative estimate of drug-likeness (QED) is 0.846. The van der Waals surface area contributed by atoms with E-state index in [1.165, 1.54) is 0 Å². The van der Waals surface area contributed by atoms with Gasteiger partial charge in [0.2, 0.25) is 5.88 Å². The normalized spacial score (nSPS) is 16.6. The minimum Gasteiger partial charge on any atom is -0.484 e. The van der Waals surface area contributed by atoms with Gasteiger partial charge in [0.1, 0.15) is 11.5 Å². The molecule has 3 rings (SSSR count). The third kappa shape index (κ3) is 4.96. The van der Waals surface area contributed by atoms with Gasteiger partial charge in [-0.15, -0.1) is 0 Å². The Labute approximate surface area is 140 Å². The van der Waals surface area contributed by atoms with E-state index in [0.717, 1.165) is 19.4 Å². The van der Waals surface area contributed by atoms with Crippen molar-refractivity contribution >= 4 is 5.91 Å². The molecular formula is C18H20N2O4. The molecule has 1 amide bonds. The summed E-state index contributed by atoms with van der Waals surface area (Å²) < 4.78 is 16.5. The van der Waals surface area contributed by atoms with Crippen molar-refractivity contribution in [2.45, 2.75) is 18.9 Å². The van der Waals surface area contributed by atoms with Gasteiger partial charge < -0.3 is 19.5 Å². The van der Waals surface area contributed by atoms with Crippen molar-refractivity contribution in [3.63, 3.8) is 0 Å². The third-order valence-corrected chi connectivity index (χ3v) is 3.60. The standard InChI is InChI=1S/C18H20N2O4/c21-17(20-12-16-4-3-11-22-16)13-23-14-6-8-15(9-7-14)24-18-5-1-2-10-19-18/h1-2,5-10,16H,3-4,11-13H2,(H,20,21)/t16-/m0/s1. The van der Waals surface area contributed by atoms with Gasteiger partial charge >= 0.3 is 0 Å². The maximum atomic E-state index is 11.8. The Morgan fingerprint density at radius 2 is 2.04 bits per heavy atom. The number of amides is 1.